The zero-order valence-electron chi connectivity index (χ0n) is 14.4. The SMILES string of the molecule is CCC(C)(CCO)NC(=O)NCc1ccc(N(C)C)cc1C. The van der Waals surface area contributed by atoms with E-state index in [2.05, 4.69) is 21.6 Å². The summed E-state index contributed by atoms with van der Waals surface area (Å²) in [6, 6.07) is 5.99. The predicted molar refractivity (Wildman–Crippen MR) is 91.3 cm³/mol. The molecule has 0 fully saturated rings. The highest BCUT2D eigenvalue weighted by molar-refractivity contribution is 5.74. The zero-order chi connectivity index (χ0) is 16.8. The van der Waals surface area contributed by atoms with Gasteiger partial charge in [0.15, 0.2) is 0 Å². The number of anilines is 1. The molecule has 0 heterocycles. The van der Waals surface area contributed by atoms with Crippen LogP contribution in [0.25, 0.3) is 0 Å². The van der Waals surface area contributed by atoms with Crippen LogP contribution < -0.4 is 15.5 Å². The van der Waals surface area contributed by atoms with Crippen molar-refractivity contribution in [3.05, 3.63) is 29.3 Å². The van der Waals surface area contributed by atoms with E-state index >= 15 is 0 Å². The number of benzene rings is 1. The van der Waals surface area contributed by atoms with E-state index in [0.717, 1.165) is 23.2 Å². The number of hydrogen-bond donors (Lipinski definition) is 3. The molecule has 0 radical (unpaired) electrons. The summed E-state index contributed by atoms with van der Waals surface area (Å²) in [5, 5.41) is 14.9. The molecule has 1 rings (SSSR count). The van der Waals surface area contributed by atoms with E-state index in [1.165, 1.54) is 0 Å². The maximum absolute atomic E-state index is 12.0. The molecular formula is C17H29N3O2. The molecule has 22 heavy (non-hydrogen) atoms. The Morgan fingerprint density at radius 3 is 2.55 bits per heavy atom. The van der Waals surface area contributed by atoms with Crippen LogP contribution in [-0.2, 0) is 6.54 Å². The molecule has 0 aromatic heterocycles. The summed E-state index contributed by atoms with van der Waals surface area (Å²) in [5.41, 5.74) is 3.02. The molecule has 1 unspecified atom stereocenters. The Hall–Kier alpha value is -1.75. The van der Waals surface area contributed by atoms with Crippen molar-refractivity contribution in [1.29, 1.82) is 0 Å². The molecular weight excluding hydrogens is 278 g/mol. The molecule has 2 amide bonds. The number of carbonyl (C=O) groups is 1. The Morgan fingerprint density at radius 2 is 2.05 bits per heavy atom. The first kappa shape index (κ1) is 18.3. The number of aliphatic hydroxyl groups excluding tert-OH is 1. The van der Waals surface area contributed by atoms with Crippen molar-refractivity contribution in [2.75, 3.05) is 25.6 Å². The van der Waals surface area contributed by atoms with Crippen LogP contribution in [0.15, 0.2) is 18.2 Å². The molecule has 1 aromatic rings. The molecule has 3 N–H and O–H groups in total. The number of nitrogens with zero attached hydrogens (tertiary/aromatic N) is 1. The van der Waals surface area contributed by atoms with Crippen LogP contribution in [0.1, 0.15) is 37.8 Å². The van der Waals surface area contributed by atoms with E-state index in [0.29, 0.717) is 13.0 Å². The molecule has 124 valence electrons. The highest BCUT2D eigenvalue weighted by Crippen LogP contribution is 2.17. The number of urea groups is 1. The van der Waals surface area contributed by atoms with E-state index in [9.17, 15) is 4.79 Å². The number of aliphatic hydroxyl groups is 1. The van der Waals surface area contributed by atoms with E-state index in [-0.39, 0.29) is 18.2 Å². The number of hydrogen-bond acceptors (Lipinski definition) is 3. The average Bonchev–Trinajstić information content (AvgIpc) is 2.46. The average molecular weight is 307 g/mol. The van der Waals surface area contributed by atoms with Crippen molar-refractivity contribution in [1.82, 2.24) is 10.6 Å². The molecule has 0 saturated heterocycles. The summed E-state index contributed by atoms with van der Waals surface area (Å²) < 4.78 is 0. The van der Waals surface area contributed by atoms with E-state index in [1.807, 2.05) is 47.0 Å². The molecule has 0 saturated carbocycles. The largest absolute Gasteiger partial charge is 0.396 e. The van der Waals surface area contributed by atoms with E-state index in [1.54, 1.807) is 0 Å². The summed E-state index contributed by atoms with van der Waals surface area (Å²) in [4.78, 5) is 14.1. The van der Waals surface area contributed by atoms with Crippen molar-refractivity contribution < 1.29 is 9.90 Å². The molecule has 1 atom stereocenters. The zero-order valence-corrected chi connectivity index (χ0v) is 14.4. The first-order valence-corrected chi connectivity index (χ1v) is 7.75. The van der Waals surface area contributed by atoms with Gasteiger partial charge in [-0.1, -0.05) is 13.0 Å². The van der Waals surface area contributed by atoms with Crippen molar-refractivity contribution in [2.45, 2.75) is 45.7 Å². The fourth-order valence-corrected chi connectivity index (χ4v) is 2.22. The van der Waals surface area contributed by atoms with Crippen LogP contribution in [0, 0.1) is 6.92 Å². The summed E-state index contributed by atoms with van der Waals surface area (Å²) in [5.74, 6) is 0. The summed E-state index contributed by atoms with van der Waals surface area (Å²) >= 11 is 0. The molecule has 1 aromatic carbocycles. The summed E-state index contributed by atoms with van der Waals surface area (Å²) in [6.45, 7) is 6.55. The van der Waals surface area contributed by atoms with E-state index < -0.39 is 0 Å². The number of carbonyl (C=O) groups excluding carboxylic acids is 1. The standard InChI is InChI=1S/C17H29N3O2/c1-6-17(3,9-10-21)19-16(22)18-12-14-7-8-15(20(4)5)11-13(14)2/h7-8,11,21H,6,9-10,12H2,1-5H3,(H2,18,19,22). The van der Waals surface area contributed by atoms with Crippen LogP contribution >= 0.6 is 0 Å². The number of rotatable bonds is 7. The Bertz CT molecular complexity index is 503. The molecule has 0 bridgehead atoms. The predicted octanol–water partition coefficient (Wildman–Crippen LogP) is 2.41. The molecule has 0 aliphatic rings. The quantitative estimate of drug-likeness (QED) is 0.725. The topological polar surface area (TPSA) is 64.6 Å². The van der Waals surface area contributed by atoms with Crippen molar-refractivity contribution in [2.24, 2.45) is 0 Å². The van der Waals surface area contributed by atoms with Crippen LogP contribution in [0.4, 0.5) is 10.5 Å². The number of aryl methyl sites for hydroxylation is 1. The van der Waals surface area contributed by atoms with Gasteiger partial charge in [-0.2, -0.15) is 0 Å². The van der Waals surface area contributed by atoms with Gasteiger partial charge in [-0.05, 0) is 49.9 Å². The van der Waals surface area contributed by atoms with Gasteiger partial charge in [0.25, 0.3) is 0 Å². The van der Waals surface area contributed by atoms with Crippen LogP contribution in [0.3, 0.4) is 0 Å². The highest BCUT2D eigenvalue weighted by atomic mass is 16.3. The lowest BCUT2D eigenvalue weighted by atomic mass is 9.95. The minimum Gasteiger partial charge on any atom is -0.396 e. The van der Waals surface area contributed by atoms with Crippen molar-refractivity contribution >= 4 is 11.7 Å². The Kier molecular flexibility index (Phi) is 6.68. The third-order valence-corrected chi connectivity index (χ3v) is 4.14. The van der Waals surface area contributed by atoms with Crippen LogP contribution in [0.2, 0.25) is 0 Å². The van der Waals surface area contributed by atoms with Gasteiger partial charge in [-0.3, -0.25) is 0 Å². The van der Waals surface area contributed by atoms with Gasteiger partial charge in [0, 0.05) is 38.5 Å². The van der Waals surface area contributed by atoms with Gasteiger partial charge in [-0.15, -0.1) is 0 Å². The molecule has 0 aliphatic heterocycles. The van der Waals surface area contributed by atoms with E-state index in [4.69, 9.17) is 5.11 Å². The van der Waals surface area contributed by atoms with Gasteiger partial charge in [0.05, 0.1) is 0 Å². The lowest BCUT2D eigenvalue weighted by Crippen LogP contribution is -2.50. The second kappa shape index (κ2) is 8.03. The summed E-state index contributed by atoms with van der Waals surface area (Å²) in [6.07, 6.45) is 1.32. The normalized spacial score (nSPS) is 13.4. The second-order valence-electron chi connectivity index (χ2n) is 6.20. The molecule has 0 aliphatic carbocycles. The molecule has 5 heteroatoms. The van der Waals surface area contributed by atoms with Crippen LogP contribution in [-0.4, -0.2) is 37.4 Å². The lowest BCUT2D eigenvalue weighted by molar-refractivity contribution is 0.200. The maximum atomic E-state index is 12.0. The van der Waals surface area contributed by atoms with Gasteiger partial charge >= 0.3 is 6.03 Å². The van der Waals surface area contributed by atoms with Gasteiger partial charge < -0.3 is 20.6 Å². The Balaban J connectivity index is 2.61. The van der Waals surface area contributed by atoms with Crippen molar-refractivity contribution in [3.63, 3.8) is 0 Å². The minimum atomic E-state index is -0.372. The third-order valence-electron chi connectivity index (χ3n) is 4.14. The van der Waals surface area contributed by atoms with Gasteiger partial charge in [0.1, 0.15) is 0 Å². The number of nitrogens with one attached hydrogen (secondary N) is 2. The fraction of sp³-hybridized carbons (Fsp3) is 0.588. The third kappa shape index (κ3) is 5.22. The van der Waals surface area contributed by atoms with Gasteiger partial charge in [0.2, 0.25) is 0 Å². The maximum Gasteiger partial charge on any atom is 0.315 e. The molecule has 5 nitrogen and oxygen atoms in total. The fourth-order valence-electron chi connectivity index (χ4n) is 2.22. The number of amides is 2. The highest BCUT2D eigenvalue weighted by Gasteiger charge is 2.23. The Labute approximate surface area is 133 Å². The summed E-state index contributed by atoms with van der Waals surface area (Å²) in [7, 11) is 4.01. The lowest BCUT2D eigenvalue weighted by Gasteiger charge is -2.29. The smallest absolute Gasteiger partial charge is 0.315 e. The van der Waals surface area contributed by atoms with Crippen LogP contribution in [0.5, 0.6) is 0 Å². The molecule has 0 spiro atoms. The monoisotopic (exact) mass is 307 g/mol. The Morgan fingerprint density at radius 1 is 1.36 bits per heavy atom. The first-order chi connectivity index (χ1) is 10.3. The van der Waals surface area contributed by atoms with Gasteiger partial charge in [-0.25, -0.2) is 4.79 Å². The van der Waals surface area contributed by atoms with Crippen molar-refractivity contribution in [3.8, 4) is 0 Å². The first-order valence-electron chi connectivity index (χ1n) is 7.75. The second-order valence-corrected chi connectivity index (χ2v) is 6.20. The minimum absolute atomic E-state index is 0.0652.